The number of benzene rings is 2. The lowest BCUT2D eigenvalue weighted by molar-refractivity contribution is -0.139. The average Bonchev–Trinajstić information content (AvgIpc) is 2.66. The van der Waals surface area contributed by atoms with Crippen LogP contribution in [0, 0.1) is 0 Å². The highest BCUT2D eigenvalue weighted by Gasteiger charge is 2.22. The van der Waals surface area contributed by atoms with Crippen molar-refractivity contribution in [1.29, 1.82) is 0 Å². The molecule has 1 amide bonds. The molecular formula is C20H23NO5. The lowest BCUT2D eigenvalue weighted by Crippen LogP contribution is -2.33. The largest absolute Gasteiger partial charge is 0.497 e. The third-order valence-electron chi connectivity index (χ3n) is 3.85. The number of carboxylic acids is 1. The molecule has 0 bridgehead atoms. The van der Waals surface area contributed by atoms with Crippen LogP contribution in [0.1, 0.15) is 41.7 Å². The quantitative estimate of drug-likeness (QED) is 0.672. The Hall–Kier alpha value is -3.02. The van der Waals surface area contributed by atoms with Crippen LogP contribution < -0.4 is 14.8 Å². The van der Waals surface area contributed by atoms with Gasteiger partial charge in [0.05, 0.1) is 13.7 Å². The summed E-state index contributed by atoms with van der Waals surface area (Å²) in [5, 5.41) is 12.0. The van der Waals surface area contributed by atoms with Gasteiger partial charge < -0.3 is 19.9 Å². The van der Waals surface area contributed by atoms with Crippen LogP contribution >= 0.6 is 0 Å². The number of rotatable bonds is 9. The van der Waals surface area contributed by atoms with Crippen molar-refractivity contribution >= 4 is 11.9 Å². The Bertz CT molecular complexity index is 725. The first-order valence-electron chi connectivity index (χ1n) is 8.45. The van der Waals surface area contributed by atoms with Gasteiger partial charge in [0.25, 0.3) is 5.91 Å². The van der Waals surface area contributed by atoms with Crippen molar-refractivity contribution in [1.82, 2.24) is 5.32 Å². The number of unbranched alkanes of at least 4 members (excludes halogenated alkanes) is 1. The highest BCUT2D eigenvalue weighted by Crippen LogP contribution is 2.19. The van der Waals surface area contributed by atoms with Crippen molar-refractivity contribution < 1.29 is 24.2 Å². The highest BCUT2D eigenvalue weighted by molar-refractivity contribution is 5.96. The van der Waals surface area contributed by atoms with Gasteiger partial charge in [0, 0.05) is 5.56 Å². The number of methoxy groups -OCH3 is 1. The van der Waals surface area contributed by atoms with Gasteiger partial charge in [0.15, 0.2) is 6.04 Å². The first-order chi connectivity index (χ1) is 12.5. The molecule has 2 aromatic carbocycles. The van der Waals surface area contributed by atoms with Gasteiger partial charge in [-0.3, -0.25) is 4.79 Å². The minimum absolute atomic E-state index is 0.368. The van der Waals surface area contributed by atoms with Crippen LogP contribution in [-0.2, 0) is 4.79 Å². The Balaban J connectivity index is 2.05. The van der Waals surface area contributed by atoms with Crippen molar-refractivity contribution in [2.75, 3.05) is 13.7 Å². The second-order valence-corrected chi connectivity index (χ2v) is 5.74. The summed E-state index contributed by atoms with van der Waals surface area (Å²) in [5.41, 5.74) is 0.832. The molecule has 1 unspecified atom stereocenters. The highest BCUT2D eigenvalue weighted by atomic mass is 16.5. The van der Waals surface area contributed by atoms with Crippen molar-refractivity contribution in [3.63, 3.8) is 0 Å². The summed E-state index contributed by atoms with van der Waals surface area (Å²) in [4.78, 5) is 23.9. The van der Waals surface area contributed by atoms with Gasteiger partial charge in [-0.05, 0) is 48.4 Å². The van der Waals surface area contributed by atoms with Crippen molar-refractivity contribution in [3.05, 3.63) is 59.7 Å². The molecule has 0 aromatic heterocycles. The fourth-order valence-corrected chi connectivity index (χ4v) is 2.34. The molecule has 138 valence electrons. The number of carbonyl (C=O) groups excluding carboxylic acids is 1. The van der Waals surface area contributed by atoms with E-state index in [1.807, 2.05) is 0 Å². The Kier molecular flexibility index (Phi) is 7.02. The fourth-order valence-electron chi connectivity index (χ4n) is 2.34. The molecule has 2 rings (SSSR count). The average molecular weight is 357 g/mol. The molecule has 0 saturated heterocycles. The summed E-state index contributed by atoms with van der Waals surface area (Å²) in [6.45, 7) is 2.71. The smallest absolute Gasteiger partial charge is 0.330 e. The van der Waals surface area contributed by atoms with Gasteiger partial charge >= 0.3 is 5.97 Å². The minimum Gasteiger partial charge on any atom is -0.497 e. The lowest BCUT2D eigenvalue weighted by Gasteiger charge is -2.15. The molecule has 0 aliphatic heterocycles. The van der Waals surface area contributed by atoms with Crippen LogP contribution in [0.2, 0.25) is 0 Å². The molecule has 6 nitrogen and oxygen atoms in total. The molecule has 2 N–H and O–H groups in total. The number of amides is 1. The predicted molar refractivity (Wildman–Crippen MR) is 97.7 cm³/mol. The maximum absolute atomic E-state index is 12.4. The minimum atomic E-state index is -1.14. The summed E-state index contributed by atoms with van der Waals surface area (Å²) < 4.78 is 10.6. The van der Waals surface area contributed by atoms with Gasteiger partial charge in [0.1, 0.15) is 11.5 Å². The second-order valence-electron chi connectivity index (χ2n) is 5.74. The molecule has 0 radical (unpaired) electrons. The zero-order valence-electron chi connectivity index (χ0n) is 14.9. The number of nitrogens with one attached hydrogen (secondary N) is 1. The van der Waals surface area contributed by atoms with Crippen LogP contribution in [-0.4, -0.2) is 30.7 Å². The van der Waals surface area contributed by atoms with E-state index in [-0.39, 0.29) is 0 Å². The van der Waals surface area contributed by atoms with E-state index in [1.165, 1.54) is 7.11 Å². The normalized spacial score (nSPS) is 11.5. The van der Waals surface area contributed by atoms with Crippen LogP contribution in [0.25, 0.3) is 0 Å². The Morgan fingerprint density at radius 1 is 1.04 bits per heavy atom. The van der Waals surface area contributed by atoms with Crippen molar-refractivity contribution in [3.8, 4) is 11.5 Å². The summed E-state index contributed by atoms with van der Waals surface area (Å²) in [6.07, 6.45) is 2.01. The third-order valence-corrected chi connectivity index (χ3v) is 3.85. The molecule has 0 heterocycles. The van der Waals surface area contributed by atoms with E-state index < -0.39 is 17.9 Å². The van der Waals surface area contributed by atoms with E-state index in [2.05, 4.69) is 12.2 Å². The molecule has 6 heteroatoms. The van der Waals surface area contributed by atoms with Crippen LogP contribution in [0.5, 0.6) is 11.5 Å². The molecule has 0 fully saturated rings. The molecule has 2 aromatic rings. The second kappa shape index (κ2) is 9.46. The summed E-state index contributed by atoms with van der Waals surface area (Å²) in [6, 6.07) is 12.0. The maximum Gasteiger partial charge on any atom is 0.330 e. The van der Waals surface area contributed by atoms with E-state index in [1.54, 1.807) is 48.5 Å². The van der Waals surface area contributed by atoms with E-state index in [0.29, 0.717) is 29.2 Å². The number of ether oxygens (including phenoxy) is 2. The van der Waals surface area contributed by atoms with E-state index in [0.717, 1.165) is 12.8 Å². The molecule has 26 heavy (non-hydrogen) atoms. The molecule has 1 atom stereocenters. The zero-order valence-corrected chi connectivity index (χ0v) is 14.9. The number of hydrogen-bond acceptors (Lipinski definition) is 4. The first kappa shape index (κ1) is 19.3. The number of aliphatic carboxylic acids is 1. The van der Waals surface area contributed by atoms with E-state index in [4.69, 9.17) is 9.47 Å². The van der Waals surface area contributed by atoms with E-state index in [9.17, 15) is 14.7 Å². The van der Waals surface area contributed by atoms with Crippen LogP contribution in [0.4, 0.5) is 0 Å². The standard InChI is InChI=1S/C20H23NO5/c1-3-4-13-26-17-11-7-15(8-12-17)19(22)21-18(20(23)24)14-5-9-16(25-2)10-6-14/h5-12,18H,3-4,13H2,1-2H3,(H,21,22)(H,23,24). The van der Waals surface area contributed by atoms with Gasteiger partial charge in [-0.15, -0.1) is 0 Å². The number of carboxylic acid groups (broad SMARTS) is 1. The molecular weight excluding hydrogens is 334 g/mol. The number of hydrogen-bond donors (Lipinski definition) is 2. The van der Waals surface area contributed by atoms with Crippen LogP contribution in [0.15, 0.2) is 48.5 Å². The van der Waals surface area contributed by atoms with Gasteiger partial charge in [-0.2, -0.15) is 0 Å². The van der Waals surface area contributed by atoms with Gasteiger partial charge in [-0.1, -0.05) is 25.5 Å². The lowest BCUT2D eigenvalue weighted by atomic mass is 10.1. The van der Waals surface area contributed by atoms with Crippen LogP contribution in [0.3, 0.4) is 0 Å². The topological polar surface area (TPSA) is 84.9 Å². The summed E-state index contributed by atoms with van der Waals surface area (Å²) in [5.74, 6) is -0.306. The molecule has 0 spiro atoms. The Labute approximate surface area is 152 Å². The SMILES string of the molecule is CCCCOc1ccc(C(=O)NC(C(=O)O)c2ccc(OC)cc2)cc1. The third kappa shape index (κ3) is 5.24. The zero-order chi connectivity index (χ0) is 18.9. The maximum atomic E-state index is 12.4. The molecule has 0 aliphatic carbocycles. The monoisotopic (exact) mass is 357 g/mol. The summed E-state index contributed by atoms with van der Waals surface area (Å²) >= 11 is 0. The van der Waals surface area contributed by atoms with Crippen molar-refractivity contribution in [2.24, 2.45) is 0 Å². The van der Waals surface area contributed by atoms with Crippen molar-refractivity contribution in [2.45, 2.75) is 25.8 Å². The van der Waals surface area contributed by atoms with Gasteiger partial charge in [-0.25, -0.2) is 4.79 Å². The van der Waals surface area contributed by atoms with Gasteiger partial charge in [0.2, 0.25) is 0 Å². The molecule has 0 aliphatic rings. The predicted octanol–water partition coefficient (Wildman–Crippen LogP) is 3.43. The van der Waals surface area contributed by atoms with E-state index >= 15 is 0 Å². The number of carbonyl (C=O) groups is 2. The molecule has 0 saturated carbocycles. The summed E-state index contributed by atoms with van der Waals surface area (Å²) in [7, 11) is 1.53. The Morgan fingerprint density at radius 3 is 2.19 bits per heavy atom. The first-order valence-corrected chi connectivity index (χ1v) is 8.45. The Morgan fingerprint density at radius 2 is 1.65 bits per heavy atom. The fraction of sp³-hybridized carbons (Fsp3) is 0.300.